The quantitative estimate of drug-likeness (QED) is 0.663. The predicted molar refractivity (Wildman–Crippen MR) is 70.5 cm³/mol. The second-order valence-corrected chi connectivity index (χ2v) is 5.98. The van der Waals surface area contributed by atoms with Gasteiger partial charge in [-0.25, -0.2) is 0 Å². The SMILES string of the molecule is CN=C(NCc1ccc(Br)s1)NC(C)C. The first-order valence-corrected chi connectivity index (χ1v) is 6.44. The summed E-state index contributed by atoms with van der Waals surface area (Å²) in [5.74, 6) is 0.842. The molecule has 1 aromatic rings. The summed E-state index contributed by atoms with van der Waals surface area (Å²) in [5.41, 5.74) is 0. The molecule has 0 fully saturated rings. The van der Waals surface area contributed by atoms with Crippen molar-refractivity contribution < 1.29 is 0 Å². The molecule has 0 aliphatic heterocycles. The fourth-order valence-electron chi connectivity index (χ4n) is 1.09. The molecule has 1 rings (SSSR count). The highest BCUT2D eigenvalue weighted by atomic mass is 79.9. The predicted octanol–water partition coefficient (Wildman–Crippen LogP) is 2.58. The highest BCUT2D eigenvalue weighted by Crippen LogP contribution is 2.21. The van der Waals surface area contributed by atoms with Gasteiger partial charge in [0.25, 0.3) is 0 Å². The van der Waals surface area contributed by atoms with Crippen molar-refractivity contribution in [2.45, 2.75) is 26.4 Å². The molecule has 0 aliphatic rings. The Kier molecular flexibility index (Phi) is 5.11. The van der Waals surface area contributed by atoms with E-state index in [0.717, 1.165) is 16.3 Å². The molecule has 0 aromatic carbocycles. The lowest BCUT2D eigenvalue weighted by atomic mass is 10.4. The molecule has 0 spiro atoms. The van der Waals surface area contributed by atoms with Gasteiger partial charge in [-0.3, -0.25) is 4.99 Å². The molecule has 0 saturated carbocycles. The third kappa shape index (κ3) is 4.66. The van der Waals surface area contributed by atoms with E-state index in [4.69, 9.17) is 0 Å². The molecule has 0 bridgehead atoms. The molecule has 3 nitrogen and oxygen atoms in total. The Bertz CT molecular complexity index is 333. The van der Waals surface area contributed by atoms with E-state index in [1.54, 1.807) is 18.4 Å². The number of nitrogens with one attached hydrogen (secondary N) is 2. The van der Waals surface area contributed by atoms with Crippen LogP contribution in [0.15, 0.2) is 20.9 Å². The second-order valence-electron chi connectivity index (χ2n) is 3.43. The van der Waals surface area contributed by atoms with Crippen LogP contribution >= 0.6 is 27.3 Å². The molecule has 0 unspecified atom stereocenters. The van der Waals surface area contributed by atoms with E-state index in [1.165, 1.54) is 4.88 Å². The zero-order chi connectivity index (χ0) is 11.3. The molecular weight excluding hydrogens is 274 g/mol. The van der Waals surface area contributed by atoms with E-state index in [0.29, 0.717) is 6.04 Å². The van der Waals surface area contributed by atoms with Crippen LogP contribution in [0.2, 0.25) is 0 Å². The van der Waals surface area contributed by atoms with Crippen LogP contribution in [-0.4, -0.2) is 19.0 Å². The molecule has 0 saturated heterocycles. The van der Waals surface area contributed by atoms with Gasteiger partial charge in [0.15, 0.2) is 5.96 Å². The standard InChI is InChI=1S/C10H16BrN3S/c1-7(2)14-10(12-3)13-6-8-4-5-9(11)15-8/h4-5,7H,6H2,1-3H3,(H2,12,13,14). The maximum Gasteiger partial charge on any atom is 0.191 e. The van der Waals surface area contributed by atoms with Crippen molar-refractivity contribution in [2.75, 3.05) is 7.05 Å². The number of guanidine groups is 1. The van der Waals surface area contributed by atoms with Gasteiger partial charge in [-0.15, -0.1) is 11.3 Å². The first-order chi connectivity index (χ1) is 7.11. The van der Waals surface area contributed by atoms with Crippen molar-refractivity contribution in [1.82, 2.24) is 10.6 Å². The van der Waals surface area contributed by atoms with Gasteiger partial charge < -0.3 is 10.6 Å². The number of rotatable bonds is 3. The first kappa shape index (κ1) is 12.5. The molecule has 0 atom stereocenters. The number of halogens is 1. The van der Waals surface area contributed by atoms with Crippen LogP contribution in [0.3, 0.4) is 0 Å². The smallest absolute Gasteiger partial charge is 0.191 e. The summed E-state index contributed by atoms with van der Waals surface area (Å²) in [6.07, 6.45) is 0. The molecule has 0 amide bonds. The van der Waals surface area contributed by atoms with E-state index in [1.807, 2.05) is 0 Å². The molecule has 5 heteroatoms. The Hall–Kier alpha value is -0.550. The fourth-order valence-corrected chi connectivity index (χ4v) is 2.51. The topological polar surface area (TPSA) is 36.4 Å². The average molecular weight is 290 g/mol. The lowest BCUT2D eigenvalue weighted by Crippen LogP contribution is -2.40. The Labute approximate surface area is 103 Å². The van der Waals surface area contributed by atoms with Crippen LogP contribution in [0.5, 0.6) is 0 Å². The summed E-state index contributed by atoms with van der Waals surface area (Å²) in [4.78, 5) is 5.42. The van der Waals surface area contributed by atoms with Crippen LogP contribution in [0, 0.1) is 0 Å². The van der Waals surface area contributed by atoms with Crippen LogP contribution in [0.25, 0.3) is 0 Å². The first-order valence-electron chi connectivity index (χ1n) is 4.83. The highest BCUT2D eigenvalue weighted by molar-refractivity contribution is 9.11. The number of hydrogen-bond acceptors (Lipinski definition) is 2. The molecule has 0 radical (unpaired) electrons. The molecule has 1 heterocycles. The molecule has 84 valence electrons. The number of nitrogens with zero attached hydrogens (tertiary/aromatic N) is 1. The second kappa shape index (κ2) is 6.12. The molecule has 0 aliphatic carbocycles. The van der Waals surface area contributed by atoms with E-state index >= 15 is 0 Å². The number of thiophene rings is 1. The van der Waals surface area contributed by atoms with Crippen LogP contribution < -0.4 is 10.6 Å². The van der Waals surface area contributed by atoms with E-state index in [2.05, 4.69) is 57.5 Å². The highest BCUT2D eigenvalue weighted by Gasteiger charge is 2.01. The lowest BCUT2D eigenvalue weighted by molar-refractivity contribution is 0.701. The van der Waals surface area contributed by atoms with Gasteiger partial charge in [0.2, 0.25) is 0 Å². The van der Waals surface area contributed by atoms with E-state index < -0.39 is 0 Å². The average Bonchev–Trinajstić information content (AvgIpc) is 2.58. The minimum absolute atomic E-state index is 0.395. The van der Waals surface area contributed by atoms with Gasteiger partial charge in [0.1, 0.15) is 0 Å². The molecule has 15 heavy (non-hydrogen) atoms. The van der Waals surface area contributed by atoms with E-state index in [9.17, 15) is 0 Å². The lowest BCUT2D eigenvalue weighted by Gasteiger charge is -2.13. The normalized spacial score (nSPS) is 11.9. The van der Waals surface area contributed by atoms with Gasteiger partial charge >= 0.3 is 0 Å². The summed E-state index contributed by atoms with van der Waals surface area (Å²) in [7, 11) is 1.78. The van der Waals surface area contributed by atoms with Crippen LogP contribution in [0.4, 0.5) is 0 Å². The maximum atomic E-state index is 4.14. The third-order valence-corrected chi connectivity index (χ3v) is 3.33. The minimum atomic E-state index is 0.395. The third-order valence-electron chi connectivity index (χ3n) is 1.71. The zero-order valence-electron chi connectivity index (χ0n) is 9.17. The van der Waals surface area contributed by atoms with E-state index in [-0.39, 0.29) is 0 Å². The van der Waals surface area contributed by atoms with Gasteiger partial charge in [-0.05, 0) is 41.9 Å². The molecule has 2 N–H and O–H groups in total. The van der Waals surface area contributed by atoms with Gasteiger partial charge in [0, 0.05) is 18.0 Å². The van der Waals surface area contributed by atoms with Gasteiger partial charge in [-0.2, -0.15) is 0 Å². The van der Waals surface area contributed by atoms with Crippen LogP contribution in [0.1, 0.15) is 18.7 Å². The summed E-state index contributed by atoms with van der Waals surface area (Å²) >= 11 is 5.17. The van der Waals surface area contributed by atoms with Crippen LogP contribution in [-0.2, 0) is 6.54 Å². The Morgan fingerprint density at radius 3 is 2.73 bits per heavy atom. The van der Waals surface area contributed by atoms with Crippen molar-refractivity contribution in [2.24, 2.45) is 4.99 Å². The molecule has 1 aromatic heterocycles. The van der Waals surface area contributed by atoms with Crippen molar-refractivity contribution in [3.8, 4) is 0 Å². The van der Waals surface area contributed by atoms with Crippen molar-refractivity contribution in [3.05, 3.63) is 20.8 Å². The summed E-state index contributed by atoms with van der Waals surface area (Å²) in [6, 6.07) is 4.55. The van der Waals surface area contributed by atoms with Gasteiger partial charge in [0.05, 0.1) is 10.3 Å². The fraction of sp³-hybridized carbons (Fsp3) is 0.500. The minimum Gasteiger partial charge on any atom is -0.354 e. The zero-order valence-corrected chi connectivity index (χ0v) is 11.6. The Morgan fingerprint density at radius 1 is 1.53 bits per heavy atom. The van der Waals surface area contributed by atoms with Crippen molar-refractivity contribution >= 4 is 33.2 Å². The van der Waals surface area contributed by atoms with Crippen molar-refractivity contribution in [3.63, 3.8) is 0 Å². The Balaban J connectivity index is 2.41. The molecular formula is C10H16BrN3S. The monoisotopic (exact) mass is 289 g/mol. The summed E-state index contributed by atoms with van der Waals surface area (Å²) in [5, 5.41) is 6.50. The largest absolute Gasteiger partial charge is 0.354 e. The maximum absolute atomic E-state index is 4.14. The Morgan fingerprint density at radius 2 is 2.27 bits per heavy atom. The number of aliphatic imine (C=N–C) groups is 1. The van der Waals surface area contributed by atoms with Gasteiger partial charge in [-0.1, -0.05) is 0 Å². The summed E-state index contributed by atoms with van der Waals surface area (Å²) < 4.78 is 1.16. The number of hydrogen-bond donors (Lipinski definition) is 2. The summed E-state index contributed by atoms with van der Waals surface area (Å²) in [6.45, 7) is 4.99. The van der Waals surface area contributed by atoms with Crippen molar-refractivity contribution in [1.29, 1.82) is 0 Å².